The summed E-state index contributed by atoms with van der Waals surface area (Å²) in [6, 6.07) is 5.37. The fraction of sp³-hybridized carbons (Fsp3) is 0.375. The van der Waals surface area contributed by atoms with Crippen LogP contribution in [0.5, 0.6) is 0 Å². The van der Waals surface area contributed by atoms with Crippen molar-refractivity contribution in [1.82, 2.24) is 25.4 Å². The van der Waals surface area contributed by atoms with Crippen molar-refractivity contribution in [3.8, 4) is 5.82 Å². The van der Waals surface area contributed by atoms with Crippen molar-refractivity contribution in [3.05, 3.63) is 41.3 Å². The zero-order valence-corrected chi connectivity index (χ0v) is 13.7. The molecule has 2 amide bonds. The van der Waals surface area contributed by atoms with Crippen LogP contribution >= 0.6 is 0 Å². The van der Waals surface area contributed by atoms with E-state index in [1.54, 1.807) is 10.9 Å². The molecule has 0 fully saturated rings. The Hall–Kier alpha value is -2.90. The molecule has 2 aromatic rings. The number of urea groups is 1. The van der Waals surface area contributed by atoms with E-state index in [1.165, 1.54) is 0 Å². The molecule has 0 bridgehead atoms. The second-order valence-electron chi connectivity index (χ2n) is 5.47. The van der Waals surface area contributed by atoms with Crippen LogP contribution < -0.4 is 10.6 Å². The Morgan fingerprint density at radius 1 is 1.25 bits per heavy atom. The van der Waals surface area contributed by atoms with Crippen molar-refractivity contribution in [2.45, 2.75) is 33.2 Å². The highest BCUT2D eigenvalue weighted by molar-refractivity contribution is 5.73. The Morgan fingerprint density at radius 2 is 2.04 bits per heavy atom. The third-order valence-electron chi connectivity index (χ3n) is 3.34. The number of aryl methyl sites for hydroxylation is 2. The molecule has 2 aromatic heterocycles. The van der Waals surface area contributed by atoms with E-state index in [9.17, 15) is 9.59 Å². The first-order valence-corrected chi connectivity index (χ1v) is 7.68. The quantitative estimate of drug-likeness (QED) is 0.667. The van der Waals surface area contributed by atoms with Gasteiger partial charge in [-0.15, -0.1) is 0 Å². The summed E-state index contributed by atoms with van der Waals surface area (Å²) >= 11 is 0. The van der Waals surface area contributed by atoms with Gasteiger partial charge in [-0.1, -0.05) is 6.07 Å². The van der Waals surface area contributed by atoms with Crippen LogP contribution in [0.3, 0.4) is 0 Å². The summed E-state index contributed by atoms with van der Waals surface area (Å²) in [5.41, 5.74) is 2.80. The summed E-state index contributed by atoms with van der Waals surface area (Å²) in [7, 11) is 0. The van der Waals surface area contributed by atoms with Gasteiger partial charge < -0.3 is 15.7 Å². The summed E-state index contributed by atoms with van der Waals surface area (Å²) < 4.78 is 1.77. The Bertz CT molecular complexity index is 709. The number of aliphatic carboxylic acids is 1. The Labute approximate surface area is 139 Å². The number of carbonyl (C=O) groups excluding carboxylic acids is 1. The molecule has 24 heavy (non-hydrogen) atoms. The summed E-state index contributed by atoms with van der Waals surface area (Å²) in [5.74, 6) is -0.145. The monoisotopic (exact) mass is 331 g/mol. The maximum atomic E-state index is 11.6. The van der Waals surface area contributed by atoms with Crippen LogP contribution in [-0.4, -0.2) is 38.4 Å². The standard InChI is InChI=1S/C16H21N5O3/c1-11-8-12(2)21(20-11)14-6-5-13(9-18-14)10-19-16(24)17-7-3-4-15(22)23/h5-6,8-9H,3-4,7,10H2,1-2H3,(H,22,23)(H2,17,19,24). The number of amides is 2. The Morgan fingerprint density at radius 3 is 2.62 bits per heavy atom. The molecule has 0 atom stereocenters. The van der Waals surface area contributed by atoms with Crippen LogP contribution in [0.4, 0.5) is 4.79 Å². The second-order valence-corrected chi connectivity index (χ2v) is 5.47. The first kappa shape index (κ1) is 17.5. The normalized spacial score (nSPS) is 10.4. The van der Waals surface area contributed by atoms with Crippen molar-refractivity contribution >= 4 is 12.0 Å². The number of nitrogens with zero attached hydrogens (tertiary/aromatic N) is 3. The highest BCUT2D eigenvalue weighted by atomic mass is 16.4. The Kier molecular flexibility index (Phi) is 5.89. The van der Waals surface area contributed by atoms with Gasteiger partial charge in [-0.2, -0.15) is 5.10 Å². The molecule has 0 radical (unpaired) electrons. The lowest BCUT2D eigenvalue weighted by molar-refractivity contribution is -0.137. The van der Waals surface area contributed by atoms with E-state index in [4.69, 9.17) is 5.11 Å². The molecule has 2 heterocycles. The second kappa shape index (κ2) is 8.09. The molecule has 0 saturated heterocycles. The number of hydrogen-bond acceptors (Lipinski definition) is 4. The van der Waals surface area contributed by atoms with Gasteiger partial charge >= 0.3 is 12.0 Å². The van der Waals surface area contributed by atoms with Gasteiger partial charge in [0, 0.05) is 31.4 Å². The van der Waals surface area contributed by atoms with Crippen LogP contribution in [-0.2, 0) is 11.3 Å². The van der Waals surface area contributed by atoms with Crippen molar-refractivity contribution in [2.24, 2.45) is 0 Å². The maximum absolute atomic E-state index is 11.6. The summed E-state index contributed by atoms with van der Waals surface area (Å²) in [6.45, 7) is 4.56. The molecule has 3 N–H and O–H groups in total. The van der Waals surface area contributed by atoms with E-state index in [1.807, 2.05) is 32.0 Å². The molecule has 0 spiro atoms. The highest BCUT2D eigenvalue weighted by Gasteiger charge is 2.06. The number of carbonyl (C=O) groups is 2. The fourth-order valence-corrected chi connectivity index (χ4v) is 2.19. The number of nitrogens with one attached hydrogen (secondary N) is 2. The molecule has 128 valence electrons. The molecule has 0 aliphatic rings. The first-order valence-electron chi connectivity index (χ1n) is 7.68. The van der Waals surface area contributed by atoms with E-state index in [2.05, 4.69) is 20.7 Å². The van der Waals surface area contributed by atoms with Gasteiger partial charge in [0.15, 0.2) is 5.82 Å². The maximum Gasteiger partial charge on any atom is 0.315 e. The SMILES string of the molecule is Cc1cc(C)n(-c2ccc(CNC(=O)NCCCC(=O)O)cn2)n1. The minimum absolute atomic E-state index is 0.0397. The third-order valence-corrected chi connectivity index (χ3v) is 3.34. The Balaban J connectivity index is 1.80. The lowest BCUT2D eigenvalue weighted by atomic mass is 10.3. The third kappa shape index (κ3) is 5.08. The summed E-state index contributed by atoms with van der Waals surface area (Å²) in [4.78, 5) is 26.3. The van der Waals surface area contributed by atoms with E-state index < -0.39 is 5.97 Å². The molecule has 8 heteroatoms. The fourth-order valence-electron chi connectivity index (χ4n) is 2.19. The predicted octanol–water partition coefficient (Wildman–Crippen LogP) is 1.55. The van der Waals surface area contributed by atoms with Gasteiger partial charge in [0.2, 0.25) is 0 Å². The topological polar surface area (TPSA) is 109 Å². The van der Waals surface area contributed by atoms with E-state index in [-0.39, 0.29) is 12.5 Å². The number of pyridine rings is 1. The average molecular weight is 331 g/mol. The molecule has 0 saturated carbocycles. The molecule has 0 aromatic carbocycles. The molecule has 0 aliphatic heterocycles. The number of hydrogen-bond donors (Lipinski definition) is 3. The minimum atomic E-state index is -0.869. The molecule has 0 aliphatic carbocycles. The van der Waals surface area contributed by atoms with Crippen LogP contribution in [0.1, 0.15) is 29.8 Å². The minimum Gasteiger partial charge on any atom is -0.481 e. The van der Waals surface area contributed by atoms with Crippen molar-refractivity contribution in [1.29, 1.82) is 0 Å². The van der Waals surface area contributed by atoms with Crippen LogP contribution in [0.2, 0.25) is 0 Å². The summed E-state index contributed by atoms with van der Waals surface area (Å²) in [5, 5.41) is 18.2. The van der Waals surface area contributed by atoms with Crippen molar-refractivity contribution in [3.63, 3.8) is 0 Å². The smallest absolute Gasteiger partial charge is 0.315 e. The molecule has 8 nitrogen and oxygen atoms in total. The van der Waals surface area contributed by atoms with Crippen molar-refractivity contribution in [2.75, 3.05) is 6.54 Å². The predicted molar refractivity (Wildman–Crippen MR) is 87.9 cm³/mol. The van der Waals surface area contributed by atoms with E-state index in [0.29, 0.717) is 19.5 Å². The average Bonchev–Trinajstić information content (AvgIpc) is 2.88. The number of carboxylic acid groups (broad SMARTS) is 1. The van der Waals surface area contributed by atoms with E-state index >= 15 is 0 Å². The lowest BCUT2D eigenvalue weighted by Crippen LogP contribution is -2.35. The zero-order chi connectivity index (χ0) is 17.5. The zero-order valence-electron chi connectivity index (χ0n) is 13.7. The lowest BCUT2D eigenvalue weighted by Gasteiger charge is -2.08. The number of rotatable bonds is 7. The molecule has 2 rings (SSSR count). The van der Waals surface area contributed by atoms with Gasteiger partial charge in [-0.05, 0) is 38.0 Å². The first-order chi connectivity index (χ1) is 11.5. The van der Waals surface area contributed by atoms with Gasteiger partial charge in [-0.25, -0.2) is 14.5 Å². The number of aromatic nitrogens is 3. The van der Waals surface area contributed by atoms with Gasteiger partial charge in [-0.3, -0.25) is 4.79 Å². The highest BCUT2D eigenvalue weighted by Crippen LogP contribution is 2.10. The van der Waals surface area contributed by atoms with Crippen LogP contribution in [0, 0.1) is 13.8 Å². The number of carboxylic acids is 1. The molecule has 0 unspecified atom stereocenters. The van der Waals surface area contributed by atoms with Gasteiger partial charge in [0.05, 0.1) is 5.69 Å². The van der Waals surface area contributed by atoms with Gasteiger partial charge in [0.1, 0.15) is 0 Å². The molecular formula is C16H21N5O3. The van der Waals surface area contributed by atoms with Crippen LogP contribution in [0.25, 0.3) is 5.82 Å². The van der Waals surface area contributed by atoms with Gasteiger partial charge in [0.25, 0.3) is 0 Å². The van der Waals surface area contributed by atoms with Crippen LogP contribution in [0.15, 0.2) is 24.4 Å². The van der Waals surface area contributed by atoms with E-state index in [0.717, 1.165) is 22.8 Å². The van der Waals surface area contributed by atoms with Crippen molar-refractivity contribution < 1.29 is 14.7 Å². The summed E-state index contributed by atoms with van der Waals surface area (Å²) in [6.07, 6.45) is 2.14. The molecular weight excluding hydrogens is 310 g/mol. The largest absolute Gasteiger partial charge is 0.481 e.